The van der Waals surface area contributed by atoms with Gasteiger partial charge in [-0.05, 0) is 42.0 Å². The van der Waals surface area contributed by atoms with Gasteiger partial charge in [-0.1, -0.05) is 23.7 Å². The van der Waals surface area contributed by atoms with Crippen molar-refractivity contribution >= 4 is 28.9 Å². The minimum Gasteiger partial charge on any atom is -0.497 e. The van der Waals surface area contributed by atoms with Crippen molar-refractivity contribution in [2.24, 2.45) is 5.73 Å². The molecular weight excluding hydrogens is 366 g/mol. The predicted molar refractivity (Wildman–Crippen MR) is 108 cm³/mol. The molecule has 0 aliphatic carbocycles. The molecule has 27 heavy (non-hydrogen) atoms. The molecule has 2 aromatic carbocycles. The first-order valence-corrected chi connectivity index (χ1v) is 8.90. The number of rotatable bonds is 4. The molecule has 3 rings (SSSR count). The van der Waals surface area contributed by atoms with Gasteiger partial charge in [0, 0.05) is 6.07 Å². The van der Waals surface area contributed by atoms with Gasteiger partial charge in [-0.3, -0.25) is 4.79 Å². The molecule has 4 N–H and O–H groups in total. The predicted octanol–water partition coefficient (Wildman–Crippen LogP) is 3.57. The number of nitrogens with one attached hydrogen (secondary N) is 2. The zero-order valence-electron chi connectivity index (χ0n) is 15.2. The number of amides is 1. The van der Waals surface area contributed by atoms with E-state index in [9.17, 15) is 4.79 Å². The van der Waals surface area contributed by atoms with E-state index in [2.05, 4.69) is 10.6 Å². The molecule has 0 bridgehead atoms. The van der Waals surface area contributed by atoms with E-state index in [0.29, 0.717) is 28.6 Å². The summed E-state index contributed by atoms with van der Waals surface area (Å²) in [4.78, 5) is 12.5. The monoisotopic (exact) mass is 387 g/mol. The molecule has 1 heterocycles. The number of anilines is 2. The van der Waals surface area contributed by atoms with E-state index in [4.69, 9.17) is 26.8 Å². The van der Waals surface area contributed by atoms with Crippen molar-refractivity contribution in [1.29, 1.82) is 0 Å². The van der Waals surface area contributed by atoms with Gasteiger partial charge < -0.3 is 25.8 Å². The Morgan fingerprint density at radius 3 is 2.78 bits per heavy atom. The molecule has 1 atom stereocenters. The number of methoxy groups -OCH3 is 2. The molecule has 1 amide bonds. The van der Waals surface area contributed by atoms with Crippen LogP contribution in [0, 0.1) is 0 Å². The third-order valence-corrected chi connectivity index (χ3v) is 4.86. The van der Waals surface area contributed by atoms with Gasteiger partial charge in [0.25, 0.3) is 0 Å². The van der Waals surface area contributed by atoms with Crippen LogP contribution in [0.5, 0.6) is 11.5 Å². The van der Waals surface area contributed by atoms with Crippen LogP contribution in [0.1, 0.15) is 12.0 Å². The average molecular weight is 388 g/mol. The minimum absolute atomic E-state index is 0.145. The third-order valence-electron chi connectivity index (χ3n) is 4.55. The van der Waals surface area contributed by atoms with Crippen molar-refractivity contribution in [2.45, 2.75) is 18.9 Å². The Morgan fingerprint density at radius 1 is 1.26 bits per heavy atom. The van der Waals surface area contributed by atoms with Gasteiger partial charge in [0.2, 0.25) is 5.91 Å². The van der Waals surface area contributed by atoms with Crippen LogP contribution in [0.15, 0.2) is 48.2 Å². The second-order valence-electron chi connectivity index (χ2n) is 6.21. The number of carbonyl (C=O) groups is 1. The zero-order chi connectivity index (χ0) is 19.4. The number of ether oxygens (including phenoxy) is 2. The Hall–Kier alpha value is -2.86. The number of carbonyl (C=O) groups excluding carboxylic acids is 1. The molecular formula is C20H22ClN3O3. The second kappa shape index (κ2) is 8.22. The van der Waals surface area contributed by atoms with Gasteiger partial charge in [0.1, 0.15) is 11.5 Å². The van der Waals surface area contributed by atoms with Crippen LogP contribution in [0.25, 0.3) is 0 Å². The lowest BCUT2D eigenvalue weighted by atomic mass is 9.93. The highest BCUT2D eigenvalue weighted by Crippen LogP contribution is 2.34. The average Bonchev–Trinajstić information content (AvgIpc) is 2.67. The molecule has 2 aromatic rings. The van der Waals surface area contributed by atoms with Crippen molar-refractivity contribution in [1.82, 2.24) is 0 Å². The normalized spacial score (nSPS) is 18.1. The highest BCUT2D eigenvalue weighted by molar-refractivity contribution is 6.34. The highest BCUT2D eigenvalue weighted by atomic mass is 35.5. The van der Waals surface area contributed by atoms with Crippen LogP contribution >= 0.6 is 11.6 Å². The molecule has 0 spiro atoms. The maximum Gasteiger partial charge on any atom is 0.226 e. The van der Waals surface area contributed by atoms with E-state index in [1.54, 1.807) is 32.6 Å². The fourth-order valence-electron chi connectivity index (χ4n) is 3.13. The number of halogens is 1. The molecule has 0 saturated carbocycles. The lowest BCUT2D eigenvalue weighted by Gasteiger charge is -2.27. The van der Waals surface area contributed by atoms with Crippen LogP contribution in [-0.2, 0) is 11.2 Å². The quantitative estimate of drug-likeness (QED) is 0.746. The van der Waals surface area contributed by atoms with E-state index in [0.717, 1.165) is 16.8 Å². The van der Waals surface area contributed by atoms with Crippen molar-refractivity contribution in [2.75, 3.05) is 24.9 Å². The minimum atomic E-state index is -0.288. The van der Waals surface area contributed by atoms with Gasteiger partial charge in [-0.25, -0.2) is 0 Å². The zero-order valence-corrected chi connectivity index (χ0v) is 16.0. The molecule has 142 valence electrons. The van der Waals surface area contributed by atoms with Crippen LogP contribution in [-0.4, -0.2) is 26.2 Å². The maximum absolute atomic E-state index is 12.5. The summed E-state index contributed by atoms with van der Waals surface area (Å²) in [6.07, 6.45) is 2.34. The summed E-state index contributed by atoms with van der Waals surface area (Å²) in [7, 11) is 3.18. The molecule has 1 aliphatic heterocycles. The summed E-state index contributed by atoms with van der Waals surface area (Å²) in [6.45, 7) is 0. The largest absolute Gasteiger partial charge is 0.497 e. The Morgan fingerprint density at radius 2 is 2.07 bits per heavy atom. The van der Waals surface area contributed by atoms with Crippen LogP contribution in [0.4, 0.5) is 11.4 Å². The van der Waals surface area contributed by atoms with E-state index in [1.165, 1.54) is 0 Å². The van der Waals surface area contributed by atoms with E-state index < -0.39 is 0 Å². The van der Waals surface area contributed by atoms with Gasteiger partial charge in [0.05, 0.1) is 43.1 Å². The smallest absolute Gasteiger partial charge is 0.226 e. The Balaban J connectivity index is 1.93. The molecule has 0 fully saturated rings. The Labute approximate surface area is 163 Å². The molecule has 6 nitrogen and oxygen atoms in total. The summed E-state index contributed by atoms with van der Waals surface area (Å²) in [5.41, 5.74) is 9.11. The fourth-order valence-corrected chi connectivity index (χ4v) is 3.37. The first-order valence-electron chi connectivity index (χ1n) is 8.52. The van der Waals surface area contributed by atoms with Gasteiger partial charge >= 0.3 is 0 Å². The van der Waals surface area contributed by atoms with Crippen molar-refractivity contribution in [3.05, 3.63) is 58.8 Å². The summed E-state index contributed by atoms with van der Waals surface area (Å²) in [5, 5.41) is 6.80. The topological polar surface area (TPSA) is 85.6 Å². The standard InChI is InChI=1S/C20H22ClN3O3/c1-26-14-6-7-16(18(9-14)27-2)23-17-10-19(25)24-20-12(8-13(17)11-22)4-3-5-15(20)21/h3-7,9,11,17,23H,8,10,22H2,1-2H3,(H,24,25)/b13-11-. The van der Waals surface area contributed by atoms with Gasteiger partial charge in [-0.15, -0.1) is 0 Å². The number of benzene rings is 2. The number of fused-ring (bicyclic) bond motifs is 1. The number of hydrogen-bond donors (Lipinski definition) is 3. The molecule has 1 unspecified atom stereocenters. The number of para-hydroxylation sites is 1. The Kier molecular flexibility index (Phi) is 5.76. The van der Waals surface area contributed by atoms with E-state index in [-0.39, 0.29) is 18.4 Å². The molecule has 1 aliphatic rings. The van der Waals surface area contributed by atoms with E-state index >= 15 is 0 Å². The lowest BCUT2D eigenvalue weighted by Crippen LogP contribution is -2.32. The summed E-state index contributed by atoms with van der Waals surface area (Å²) in [6, 6.07) is 10.7. The SMILES string of the molecule is COc1ccc(NC2CC(=O)Nc3c(Cl)cccc3C/C2=C/N)c(OC)c1. The second-order valence-corrected chi connectivity index (χ2v) is 6.61. The molecule has 0 aromatic heterocycles. The molecule has 0 radical (unpaired) electrons. The third kappa shape index (κ3) is 4.11. The summed E-state index contributed by atoms with van der Waals surface area (Å²) < 4.78 is 10.7. The molecule has 0 saturated heterocycles. The first kappa shape index (κ1) is 18.9. The van der Waals surface area contributed by atoms with Crippen molar-refractivity contribution in [3.63, 3.8) is 0 Å². The van der Waals surface area contributed by atoms with Crippen molar-refractivity contribution in [3.8, 4) is 11.5 Å². The number of hydrogen-bond acceptors (Lipinski definition) is 5. The van der Waals surface area contributed by atoms with Gasteiger partial charge in [-0.2, -0.15) is 0 Å². The van der Waals surface area contributed by atoms with Crippen LogP contribution < -0.4 is 25.8 Å². The van der Waals surface area contributed by atoms with Crippen molar-refractivity contribution < 1.29 is 14.3 Å². The highest BCUT2D eigenvalue weighted by Gasteiger charge is 2.25. The fraction of sp³-hybridized carbons (Fsp3) is 0.250. The van der Waals surface area contributed by atoms with E-state index in [1.807, 2.05) is 24.3 Å². The summed E-state index contributed by atoms with van der Waals surface area (Å²) >= 11 is 6.25. The Bertz CT molecular complexity index is 883. The number of nitrogens with two attached hydrogens (primary N) is 1. The van der Waals surface area contributed by atoms with Gasteiger partial charge in [0.15, 0.2) is 0 Å². The summed E-state index contributed by atoms with van der Waals surface area (Å²) in [5.74, 6) is 1.16. The van der Waals surface area contributed by atoms with Crippen LogP contribution in [0.2, 0.25) is 5.02 Å². The van der Waals surface area contributed by atoms with Crippen LogP contribution in [0.3, 0.4) is 0 Å². The lowest BCUT2D eigenvalue weighted by molar-refractivity contribution is -0.116. The molecule has 7 heteroatoms. The first-order chi connectivity index (χ1) is 13.0. The maximum atomic E-state index is 12.5.